The Balaban J connectivity index is 1.41. The van der Waals surface area contributed by atoms with Crippen molar-refractivity contribution in [3.63, 3.8) is 0 Å². The maximum Gasteiger partial charge on any atom is 0.227 e. The van der Waals surface area contributed by atoms with Crippen LogP contribution < -0.4 is 19.7 Å². The van der Waals surface area contributed by atoms with Crippen molar-refractivity contribution in [3.8, 4) is 11.5 Å². The molecule has 9 nitrogen and oxygen atoms in total. The first-order chi connectivity index (χ1) is 15.0. The fourth-order valence-electron chi connectivity index (χ4n) is 3.83. The number of fused-ring (bicyclic) bond motifs is 1. The second-order valence-corrected chi connectivity index (χ2v) is 7.99. The second-order valence-electron chi connectivity index (χ2n) is 7.99. The van der Waals surface area contributed by atoms with Gasteiger partial charge in [-0.3, -0.25) is 4.79 Å². The molecule has 1 aliphatic rings. The molecule has 3 heterocycles. The number of aromatic nitrogens is 4. The highest BCUT2D eigenvalue weighted by molar-refractivity contribution is 5.94. The monoisotopic (exact) mass is 424 g/mol. The Morgan fingerprint density at radius 3 is 2.55 bits per heavy atom. The van der Waals surface area contributed by atoms with E-state index in [4.69, 9.17) is 14.6 Å². The average molecular weight is 425 g/mol. The summed E-state index contributed by atoms with van der Waals surface area (Å²) in [7, 11) is 3.17. The number of anilines is 2. The van der Waals surface area contributed by atoms with Crippen LogP contribution in [-0.2, 0) is 4.79 Å². The van der Waals surface area contributed by atoms with E-state index in [9.17, 15) is 4.79 Å². The Hall–Kier alpha value is -3.36. The minimum atomic E-state index is -0.0621. The molecule has 0 unspecified atom stereocenters. The number of hydrogen-bond acceptors (Lipinski definition) is 7. The summed E-state index contributed by atoms with van der Waals surface area (Å²) < 4.78 is 12.4. The third kappa shape index (κ3) is 4.26. The first kappa shape index (κ1) is 20.9. The van der Waals surface area contributed by atoms with Crippen LogP contribution in [0.15, 0.2) is 30.3 Å². The molecule has 0 bridgehead atoms. The quantitative estimate of drug-likeness (QED) is 0.650. The normalized spacial score (nSPS) is 14.8. The van der Waals surface area contributed by atoms with Gasteiger partial charge < -0.3 is 19.7 Å². The SMILES string of the molecule is COc1ccc(NC(=O)C2CCN(c3ccc4nnc(C(C)C)n4n3)CC2)c(OC)c1. The van der Waals surface area contributed by atoms with Gasteiger partial charge in [-0.25, -0.2) is 0 Å². The lowest BCUT2D eigenvalue weighted by Crippen LogP contribution is -2.38. The number of hydrogen-bond donors (Lipinski definition) is 1. The number of ether oxygens (including phenoxy) is 2. The van der Waals surface area contributed by atoms with Gasteiger partial charge in [-0.1, -0.05) is 13.8 Å². The number of piperidine rings is 1. The molecule has 4 rings (SSSR count). The van der Waals surface area contributed by atoms with Crippen molar-refractivity contribution in [2.24, 2.45) is 5.92 Å². The fourth-order valence-corrected chi connectivity index (χ4v) is 3.83. The Morgan fingerprint density at radius 2 is 1.87 bits per heavy atom. The van der Waals surface area contributed by atoms with E-state index in [2.05, 4.69) is 34.3 Å². The molecule has 0 atom stereocenters. The zero-order valence-electron chi connectivity index (χ0n) is 18.3. The molecule has 1 amide bonds. The van der Waals surface area contributed by atoms with Crippen molar-refractivity contribution in [1.82, 2.24) is 19.8 Å². The van der Waals surface area contributed by atoms with E-state index in [0.717, 1.165) is 43.2 Å². The number of carbonyl (C=O) groups is 1. The van der Waals surface area contributed by atoms with Crippen molar-refractivity contribution in [3.05, 3.63) is 36.2 Å². The van der Waals surface area contributed by atoms with Crippen molar-refractivity contribution in [1.29, 1.82) is 0 Å². The van der Waals surface area contributed by atoms with Gasteiger partial charge in [0.1, 0.15) is 17.3 Å². The van der Waals surface area contributed by atoms with Crippen LogP contribution in [0.3, 0.4) is 0 Å². The molecule has 0 spiro atoms. The maximum absolute atomic E-state index is 12.8. The summed E-state index contributed by atoms with van der Waals surface area (Å²) in [4.78, 5) is 15.0. The van der Waals surface area contributed by atoms with Gasteiger partial charge in [0.05, 0.1) is 19.9 Å². The van der Waals surface area contributed by atoms with E-state index in [-0.39, 0.29) is 17.7 Å². The van der Waals surface area contributed by atoms with Gasteiger partial charge in [0.25, 0.3) is 0 Å². The molecule has 1 aliphatic heterocycles. The molecule has 0 radical (unpaired) electrons. The van der Waals surface area contributed by atoms with Gasteiger partial charge in [-0.05, 0) is 37.1 Å². The Kier molecular flexibility index (Phi) is 5.92. The molecule has 1 N–H and O–H groups in total. The zero-order chi connectivity index (χ0) is 22.0. The van der Waals surface area contributed by atoms with Crippen molar-refractivity contribution in [2.75, 3.05) is 37.5 Å². The van der Waals surface area contributed by atoms with E-state index in [1.165, 1.54) is 0 Å². The van der Waals surface area contributed by atoms with E-state index < -0.39 is 0 Å². The molecule has 1 fully saturated rings. The smallest absolute Gasteiger partial charge is 0.227 e. The number of carbonyl (C=O) groups excluding carboxylic acids is 1. The van der Waals surface area contributed by atoms with Crippen LogP contribution in [-0.4, -0.2) is 53.0 Å². The lowest BCUT2D eigenvalue weighted by molar-refractivity contribution is -0.120. The molecule has 9 heteroatoms. The Bertz CT molecular complexity index is 1070. The first-order valence-corrected chi connectivity index (χ1v) is 10.5. The molecule has 3 aromatic rings. The summed E-state index contributed by atoms with van der Waals surface area (Å²) in [6, 6.07) is 9.28. The molecular weight excluding hydrogens is 396 g/mol. The molecule has 1 aromatic carbocycles. The Labute approximate surface area is 181 Å². The van der Waals surface area contributed by atoms with Gasteiger partial charge in [0.15, 0.2) is 11.5 Å². The Morgan fingerprint density at radius 1 is 1.10 bits per heavy atom. The van der Waals surface area contributed by atoms with Crippen LogP contribution >= 0.6 is 0 Å². The fraction of sp³-hybridized carbons (Fsp3) is 0.455. The van der Waals surface area contributed by atoms with Crippen LogP contribution in [0.5, 0.6) is 11.5 Å². The van der Waals surface area contributed by atoms with Crippen molar-refractivity contribution < 1.29 is 14.3 Å². The molecule has 1 saturated heterocycles. The van der Waals surface area contributed by atoms with Crippen LogP contribution in [0.4, 0.5) is 11.5 Å². The van der Waals surface area contributed by atoms with E-state index >= 15 is 0 Å². The number of rotatable bonds is 6. The minimum absolute atomic E-state index is 0.00688. The van der Waals surface area contributed by atoms with Crippen molar-refractivity contribution >= 4 is 23.1 Å². The highest BCUT2D eigenvalue weighted by Crippen LogP contribution is 2.30. The predicted molar refractivity (Wildman–Crippen MR) is 118 cm³/mol. The zero-order valence-corrected chi connectivity index (χ0v) is 18.3. The number of nitrogens with zero attached hydrogens (tertiary/aromatic N) is 5. The summed E-state index contributed by atoms with van der Waals surface area (Å²) in [6.45, 7) is 5.67. The third-order valence-electron chi connectivity index (χ3n) is 5.65. The third-order valence-corrected chi connectivity index (χ3v) is 5.65. The highest BCUT2D eigenvalue weighted by atomic mass is 16.5. The number of amides is 1. The van der Waals surface area contributed by atoms with Crippen LogP contribution in [0.25, 0.3) is 5.65 Å². The molecule has 31 heavy (non-hydrogen) atoms. The van der Waals surface area contributed by atoms with Crippen molar-refractivity contribution in [2.45, 2.75) is 32.6 Å². The number of methoxy groups -OCH3 is 2. The molecule has 2 aromatic heterocycles. The van der Waals surface area contributed by atoms with Gasteiger partial charge in [0, 0.05) is 31.0 Å². The molecular formula is C22H28N6O3. The predicted octanol–water partition coefficient (Wildman–Crippen LogP) is 3.12. The summed E-state index contributed by atoms with van der Waals surface area (Å²) in [5, 5.41) is 16.2. The van der Waals surface area contributed by atoms with Crippen LogP contribution in [0, 0.1) is 5.92 Å². The van der Waals surface area contributed by atoms with E-state index in [0.29, 0.717) is 17.2 Å². The largest absolute Gasteiger partial charge is 0.497 e. The maximum atomic E-state index is 12.8. The minimum Gasteiger partial charge on any atom is -0.497 e. The van der Waals surface area contributed by atoms with Gasteiger partial charge in [-0.15, -0.1) is 15.3 Å². The molecule has 0 aliphatic carbocycles. The summed E-state index contributed by atoms with van der Waals surface area (Å²) in [5.74, 6) is 3.17. The first-order valence-electron chi connectivity index (χ1n) is 10.5. The molecule has 0 saturated carbocycles. The standard InChI is InChI=1S/C22H28N6O3/c1-14(2)21-25-24-19-7-8-20(26-28(19)21)27-11-9-15(10-12-27)22(29)23-17-6-5-16(30-3)13-18(17)31-4/h5-8,13-15H,9-12H2,1-4H3,(H,23,29). The topological polar surface area (TPSA) is 93.9 Å². The highest BCUT2D eigenvalue weighted by Gasteiger charge is 2.27. The lowest BCUT2D eigenvalue weighted by atomic mass is 9.95. The summed E-state index contributed by atoms with van der Waals surface area (Å²) >= 11 is 0. The van der Waals surface area contributed by atoms with Gasteiger partial charge in [0.2, 0.25) is 5.91 Å². The molecule has 164 valence electrons. The number of benzene rings is 1. The average Bonchev–Trinajstić information content (AvgIpc) is 3.23. The number of nitrogens with one attached hydrogen (secondary N) is 1. The van der Waals surface area contributed by atoms with Crippen LogP contribution in [0.1, 0.15) is 38.4 Å². The lowest BCUT2D eigenvalue weighted by Gasteiger charge is -2.32. The van der Waals surface area contributed by atoms with E-state index in [1.807, 2.05) is 16.6 Å². The second kappa shape index (κ2) is 8.79. The summed E-state index contributed by atoms with van der Waals surface area (Å²) in [6.07, 6.45) is 1.51. The van der Waals surface area contributed by atoms with Gasteiger partial charge in [-0.2, -0.15) is 4.52 Å². The van der Waals surface area contributed by atoms with Crippen LogP contribution in [0.2, 0.25) is 0 Å². The summed E-state index contributed by atoms with van der Waals surface area (Å²) in [5.41, 5.74) is 1.40. The van der Waals surface area contributed by atoms with Gasteiger partial charge >= 0.3 is 0 Å². The van der Waals surface area contributed by atoms with E-state index in [1.54, 1.807) is 32.4 Å².